The normalized spacial score (nSPS) is 20.6. The van der Waals surface area contributed by atoms with E-state index in [2.05, 4.69) is 4.98 Å². The molecule has 0 aliphatic carbocycles. The molecule has 2 fully saturated rings. The molecule has 1 amide bonds. The number of halogens is 1. The maximum absolute atomic E-state index is 14.2. The van der Waals surface area contributed by atoms with Crippen molar-refractivity contribution in [1.29, 1.82) is 0 Å². The van der Waals surface area contributed by atoms with E-state index < -0.39 is 21.4 Å². The van der Waals surface area contributed by atoms with Gasteiger partial charge in [-0.05, 0) is 31.7 Å². The van der Waals surface area contributed by atoms with Crippen LogP contribution in [-0.4, -0.2) is 60.7 Å². The first-order valence-electron chi connectivity index (χ1n) is 12.3. The number of rotatable bonds is 10. The quantitative estimate of drug-likeness (QED) is 0.490. The number of aromatic nitrogens is 2. The number of ether oxygens (including phenoxy) is 2. The molecule has 192 valence electrons. The summed E-state index contributed by atoms with van der Waals surface area (Å²) < 4.78 is 54.2. The molecule has 1 aromatic carbocycles. The number of benzene rings is 1. The average Bonchev–Trinajstić information content (AvgIpc) is 3.58. The molecule has 0 saturated carbocycles. The zero-order valence-corrected chi connectivity index (χ0v) is 21.2. The standard InChI is InChI=1S/C25H34FN3O5S/c1-18(2)24(30)28(15-21-8-5-11-33-21)14-20-13-27-25(29(20)16-22-9-6-12-34-22)35(31,32)17-19-7-3-4-10-23(19)26/h3-4,7,10,13,18,21-22H,5-6,8-9,11-12,14-17H2,1-2H3/t21-,22-/m1/s1. The van der Waals surface area contributed by atoms with Gasteiger partial charge in [0.05, 0.1) is 42.9 Å². The van der Waals surface area contributed by atoms with Gasteiger partial charge in [0.1, 0.15) is 5.82 Å². The SMILES string of the molecule is CC(C)C(=O)N(Cc1cnc(S(=O)(=O)Cc2ccccc2F)n1C[C@H]1CCCO1)C[C@H]1CCCO1. The summed E-state index contributed by atoms with van der Waals surface area (Å²) in [6, 6.07) is 5.84. The Morgan fingerprint density at radius 2 is 1.86 bits per heavy atom. The highest BCUT2D eigenvalue weighted by atomic mass is 32.2. The molecule has 2 aliphatic heterocycles. The third-order valence-electron chi connectivity index (χ3n) is 6.50. The third kappa shape index (κ3) is 6.29. The summed E-state index contributed by atoms with van der Waals surface area (Å²) in [6.45, 7) is 5.97. The second kappa shape index (κ2) is 11.2. The van der Waals surface area contributed by atoms with Crippen molar-refractivity contribution in [1.82, 2.24) is 14.5 Å². The molecule has 0 N–H and O–H groups in total. The Morgan fingerprint density at radius 3 is 2.49 bits per heavy atom. The Labute approximate surface area is 206 Å². The van der Waals surface area contributed by atoms with E-state index in [1.807, 2.05) is 13.8 Å². The Morgan fingerprint density at radius 1 is 1.17 bits per heavy atom. The molecule has 10 heteroatoms. The van der Waals surface area contributed by atoms with E-state index in [0.29, 0.717) is 32.0 Å². The molecule has 2 atom stereocenters. The fraction of sp³-hybridized carbons (Fsp3) is 0.600. The van der Waals surface area contributed by atoms with Crippen LogP contribution >= 0.6 is 0 Å². The van der Waals surface area contributed by atoms with Crippen molar-refractivity contribution in [3.05, 3.63) is 47.5 Å². The first-order chi connectivity index (χ1) is 16.7. The highest BCUT2D eigenvalue weighted by Crippen LogP contribution is 2.24. The van der Waals surface area contributed by atoms with Crippen molar-refractivity contribution in [3.63, 3.8) is 0 Å². The number of carbonyl (C=O) groups is 1. The molecule has 2 aliphatic rings. The van der Waals surface area contributed by atoms with Gasteiger partial charge in [-0.1, -0.05) is 32.0 Å². The number of sulfone groups is 1. The maximum Gasteiger partial charge on any atom is 0.228 e. The number of carbonyl (C=O) groups excluding carboxylic acids is 1. The summed E-state index contributed by atoms with van der Waals surface area (Å²) in [5.41, 5.74) is 0.704. The molecule has 0 bridgehead atoms. The van der Waals surface area contributed by atoms with E-state index in [1.54, 1.807) is 15.5 Å². The van der Waals surface area contributed by atoms with Crippen molar-refractivity contribution in [2.45, 2.75) is 75.7 Å². The van der Waals surface area contributed by atoms with Gasteiger partial charge in [-0.3, -0.25) is 4.79 Å². The average molecular weight is 508 g/mol. The van der Waals surface area contributed by atoms with Gasteiger partial charge in [0.15, 0.2) is 0 Å². The highest BCUT2D eigenvalue weighted by Gasteiger charge is 2.30. The van der Waals surface area contributed by atoms with E-state index in [9.17, 15) is 17.6 Å². The van der Waals surface area contributed by atoms with Crippen molar-refractivity contribution in [3.8, 4) is 0 Å². The van der Waals surface area contributed by atoms with Crippen LogP contribution in [0.15, 0.2) is 35.6 Å². The zero-order valence-electron chi connectivity index (χ0n) is 20.4. The lowest BCUT2D eigenvalue weighted by Crippen LogP contribution is -2.40. The molecule has 1 aromatic heterocycles. The number of hydrogen-bond acceptors (Lipinski definition) is 6. The largest absolute Gasteiger partial charge is 0.376 e. The van der Waals surface area contributed by atoms with Crippen LogP contribution in [0.25, 0.3) is 0 Å². The van der Waals surface area contributed by atoms with Gasteiger partial charge < -0.3 is 18.9 Å². The number of imidazole rings is 1. The molecular weight excluding hydrogens is 473 g/mol. The van der Waals surface area contributed by atoms with Crippen LogP contribution in [0.3, 0.4) is 0 Å². The predicted molar refractivity (Wildman–Crippen MR) is 128 cm³/mol. The van der Waals surface area contributed by atoms with Gasteiger partial charge in [0.25, 0.3) is 0 Å². The molecule has 4 rings (SSSR count). The van der Waals surface area contributed by atoms with Crippen molar-refractivity contribution >= 4 is 15.7 Å². The fourth-order valence-electron chi connectivity index (χ4n) is 4.67. The van der Waals surface area contributed by atoms with E-state index in [-0.39, 0.29) is 41.3 Å². The van der Waals surface area contributed by atoms with Crippen LogP contribution in [0.1, 0.15) is 50.8 Å². The van der Waals surface area contributed by atoms with Crippen LogP contribution in [-0.2, 0) is 42.9 Å². The molecule has 8 nitrogen and oxygen atoms in total. The van der Waals surface area contributed by atoms with E-state index in [4.69, 9.17) is 9.47 Å². The summed E-state index contributed by atoms with van der Waals surface area (Å²) in [5, 5.41) is -0.125. The Kier molecular flexibility index (Phi) is 8.23. The molecule has 0 spiro atoms. The molecule has 0 unspecified atom stereocenters. The smallest absolute Gasteiger partial charge is 0.228 e. The first-order valence-corrected chi connectivity index (χ1v) is 13.9. The molecule has 2 aromatic rings. The van der Waals surface area contributed by atoms with Crippen LogP contribution in [0.5, 0.6) is 0 Å². The Hall–Kier alpha value is -2.30. The number of amides is 1. The lowest BCUT2D eigenvalue weighted by Gasteiger charge is -2.28. The minimum Gasteiger partial charge on any atom is -0.376 e. The topological polar surface area (TPSA) is 90.7 Å². The monoisotopic (exact) mass is 507 g/mol. The van der Waals surface area contributed by atoms with Gasteiger partial charge in [0, 0.05) is 31.2 Å². The molecule has 35 heavy (non-hydrogen) atoms. The lowest BCUT2D eigenvalue weighted by atomic mass is 10.1. The lowest BCUT2D eigenvalue weighted by molar-refractivity contribution is -0.136. The summed E-state index contributed by atoms with van der Waals surface area (Å²) in [7, 11) is -3.95. The Bertz CT molecular complexity index is 1120. The van der Waals surface area contributed by atoms with Crippen molar-refractivity contribution in [2.24, 2.45) is 5.92 Å². The summed E-state index contributed by atoms with van der Waals surface area (Å²) in [5.74, 6) is -1.30. The van der Waals surface area contributed by atoms with E-state index in [0.717, 1.165) is 25.7 Å². The summed E-state index contributed by atoms with van der Waals surface area (Å²) in [6.07, 6.45) is 4.91. The van der Waals surface area contributed by atoms with Crippen molar-refractivity contribution < 1.29 is 27.1 Å². The van der Waals surface area contributed by atoms with Gasteiger partial charge in [0.2, 0.25) is 20.9 Å². The van der Waals surface area contributed by atoms with Crippen LogP contribution in [0.2, 0.25) is 0 Å². The van der Waals surface area contributed by atoms with E-state index >= 15 is 0 Å². The number of nitrogens with zero attached hydrogens (tertiary/aromatic N) is 3. The van der Waals surface area contributed by atoms with Gasteiger partial charge in [-0.15, -0.1) is 0 Å². The van der Waals surface area contributed by atoms with Gasteiger partial charge >= 0.3 is 0 Å². The van der Waals surface area contributed by atoms with Crippen LogP contribution < -0.4 is 0 Å². The number of hydrogen-bond donors (Lipinski definition) is 0. The van der Waals surface area contributed by atoms with Gasteiger partial charge in [-0.25, -0.2) is 17.8 Å². The summed E-state index contributed by atoms with van der Waals surface area (Å²) in [4.78, 5) is 19.0. The van der Waals surface area contributed by atoms with Crippen LogP contribution in [0, 0.1) is 11.7 Å². The van der Waals surface area contributed by atoms with Crippen molar-refractivity contribution in [2.75, 3.05) is 19.8 Å². The highest BCUT2D eigenvalue weighted by molar-refractivity contribution is 7.90. The molecule has 3 heterocycles. The Balaban J connectivity index is 1.65. The predicted octanol–water partition coefficient (Wildman–Crippen LogP) is 3.34. The van der Waals surface area contributed by atoms with Gasteiger partial charge in [-0.2, -0.15) is 0 Å². The molecule has 0 radical (unpaired) electrons. The molecular formula is C25H34FN3O5S. The summed E-state index contributed by atoms with van der Waals surface area (Å²) >= 11 is 0. The third-order valence-corrected chi connectivity index (χ3v) is 8.07. The molecule has 2 saturated heterocycles. The van der Waals surface area contributed by atoms with E-state index in [1.165, 1.54) is 24.4 Å². The fourth-order valence-corrected chi connectivity index (χ4v) is 6.18. The minimum absolute atomic E-state index is 0.0267. The second-order valence-electron chi connectivity index (χ2n) is 9.64. The second-order valence-corrected chi connectivity index (χ2v) is 11.5. The first kappa shape index (κ1) is 25.8. The minimum atomic E-state index is -3.95. The maximum atomic E-state index is 14.2. The van der Waals surface area contributed by atoms with Crippen LogP contribution in [0.4, 0.5) is 4.39 Å². The zero-order chi connectivity index (χ0) is 25.0.